The van der Waals surface area contributed by atoms with E-state index in [1.165, 1.54) is 6.07 Å². The second-order valence-electron chi connectivity index (χ2n) is 4.60. The number of ether oxygens (including phenoxy) is 1. The van der Waals surface area contributed by atoms with Crippen molar-refractivity contribution < 1.29 is 14.5 Å². The van der Waals surface area contributed by atoms with Crippen molar-refractivity contribution in [1.82, 2.24) is 0 Å². The number of aryl methyl sites for hydroxylation is 2. The van der Waals surface area contributed by atoms with E-state index < -0.39 is 4.92 Å². The Morgan fingerprint density at radius 1 is 1.39 bits per heavy atom. The average Bonchev–Trinajstić information content (AvgIpc) is 2.26. The number of hydrogen-bond acceptors (Lipinski definition) is 4. The van der Waals surface area contributed by atoms with Crippen LogP contribution < -0.4 is 4.74 Å². The third-order valence-electron chi connectivity index (χ3n) is 2.60. The molecule has 0 saturated heterocycles. The highest BCUT2D eigenvalue weighted by Gasteiger charge is 2.20. The molecule has 0 fully saturated rings. The summed E-state index contributed by atoms with van der Waals surface area (Å²) in [5.74, 6) is -0.0429. The average molecular weight is 251 g/mol. The highest BCUT2D eigenvalue weighted by atomic mass is 16.6. The van der Waals surface area contributed by atoms with Crippen LogP contribution in [-0.4, -0.2) is 17.3 Å². The van der Waals surface area contributed by atoms with Crippen molar-refractivity contribution in [1.29, 1.82) is 0 Å². The molecule has 0 atom stereocenters. The zero-order valence-electron chi connectivity index (χ0n) is 11.0. The molecule has 0 bridgehead atoms. The van der Waals surface area contributed by atoms with E-state index in [0.717, 1.165) is 5.56 Å². The van der Waals surface area contributed by atoms with Gasteiger partial charge in [0.2, 0.25) is 5.75 Å². The molecule has 1 aromatic rings. The van der Waals surface area contributed by atoms with Crippen LogP contribution in [-0.2, 0) is 4.79 Å². The Morgan fingerprint density at radius 2 is 2.00 bits per heavy atom. The third-order valence-corrected chi connectivity index (χ3v) is 2.60. The summed E-state index contributed by atoms with van der Waals surface area (Å²) in [5, 5.41) is 10.9. The van der Waals surface area contributed by atoms with Gasteiger partial charge in [0.15, 0.2) is 5.78 Å². The smallest absolute Gasteiger partial charge is 0.311 e. The molecule has 1 rings (SSSR count). The molecule has 98 valence electrons. The molecule has 0 aliphatic carbocycles. The van der Waals surface area contributed by atoms with Crippen molar-refractivity contribution in [3.63, 3.8) is 0 Å². The van der Waals surface area contributed by atoms with E-state index in [2.05, 4.69) is 0 Å². The molecule has 0 aliphatic rings. The maximum atomic E-state index is 11.5. The zero-order chi connectivity index (χ0) is 13.9. The first kappa shape index (κ1) is 14.2. The second-order valence-corrected chi connectivity index (χ2v) is 4.60. The first-order chi connectivity index (χ1) is 8.32. The zero-order valence-corrected chi connectivity index (χ0v) is 11.0. The fraction of sp³-hybridized carbons (Fsp3) is 0.462. The van der Waals surface area contributed by atoms with Crippen LogP contribution >= 0.6 is 0 Å². The highest BCUT2D eigenvalue weighted by Crippen LogP contribution is 2.32. The van der Waals surface area contributed by atoms with Gasteiger partial charge in [-0.3, -0.25) is 14.9 Å². The summed E-state index contributed by atoms with van der Waals surface area (Å²) >= 11 is 0. The number of nitro groups is 1. The van der Waals surface area contributed by atoms with E-state index in [9.17, 15) is 14.9 Å². The van der Waals surface area contributed by atoms with Crippen LogP contribution in [0.5, 0.6) is 5.75 Å². The maximum Gasteiger partial charge on any atom is 0.311 e. The maximum absolute atomic E-state index is 11.5. The Hall–Kier alpha value is -1.91. The Kier molecular flexibility index (Phi) is 4.42. The van der Waals surface area contributed by atoms with E-state index in [1.807, 2.05) is 0 Å². The van der Waals surface area contributed by atoms with Crippen LogP contribution in [0.1, 0.15) is 25.0 Å². The van der Waals surface area contributed by atoms with Crippen molar-refractivity contribution in [2.75, 3.05) is 6.61 Å². The van der Waals surface area contributed by atoms with Gasteiger partial charge in [0, 0.05) is 12.0 Å². The van der Waals surface area contributed by atoms with Gasteiger partial charge in [-0.05, 0) is 25.0 Å². The number of nitrogens with zero attached hydrogens (tertiary/aromatic N) is 1. The number of carbonyl (C=O) groups is 1. The van der Waals surface area contributed by atoms with Gasteiger partial charge < -0.3 is 4.74 Å². The molecule has 0 aliphatic heterocycles. The van der Waals surface area contributed by atoms with Crippen LogP contribution in [0.3, 0.4) is 0 Å². The summed E-state index contributed by atoms with van der Waals surface area (Å²) in [4.78, 5) is 21.9. The fourth-order valence-electron chi connectivity index (χ4n) is 1.57. The predicted octanol–water partition coefficient (Wildman–Crippen LogP) is 2.82. The fourth-order valence-corrected chi connectivity index (χ4v) is 1.57. The molecule has 5 nitrogen and oxygen atoms in total. The van der Waals surface area contributed by atoms with Crippen molar-refractivity contribution in [2.24, 2.45) is 5.92 Å². The molecule has 0 spiro atoms. The monoisotopic (exact) mass is 251 g/mol. The van der Waals surface area contributed by atoms with Crippen LogP contribution in [0.25, 0.3) is 0 Å². The summed E-state index contributed by atoms with van der Waals surface area (Å²) in [6.45, 7) is 6.91. The number of carbonyl (C=O) groups excluding carboxylic acids is 1. The van der Waals surface area contributed by atoms with Gasteiger partial charge in [-0.2, -0.15) is 0 Å². The van der Waals surface area contributed by atoms with Crippen molar-refractivity contribution in [3.05, 3.63) is 33.4 Å². The summed E-state index contributed by atoms with van der Waals surface area (Å²) in [6, 6.07) is 3.24. The quantitative estimate of drug-likeness (QED) is 0.596. The largest absolute Gasteiger partial charge is 0.479 e. The van der Waals surface area contributed by atoms with Gasteiger partial charge in [-0.25, -0.2) is 0 Å². The van der Waals surface area contributed by atoms with E-state index in [0.29, 0.717) is 5.56 Å². The number of benzene rings is 1. The Morgan fingerprint density at radius 3 is 2.50 bits per heavy atom. The Bertz CT molecular complexity index is 480. The molecule has 0 heterocycles. The SMILES string of the molecule is Cc1cc(C)c(OCC(=O)C(C)C)c([N+](=O)[O-])c1. The lowest BCUT2D eigenvalue weighted by Crippen LogP contribution is -2.17. The first-order valence-corrected chi connectivity index (χ1v) is 5.74. The minimum atomic E-state index is -0.491. The summed E-state index contributed by atoms with van der Waals surface area (Å²) in [7, 11) is 0. The molecular weight excluding hydrogens is 234 g/mol. The topological polar surface area (TPSA) is 69.4 Å². The highest BCUT2D eigenvalue weighted by molar-refractivity contribution is 5.81. The number of hydrogen-bond donors (Lipinski definition) is 0. The molecule has 5 heteroatoms. The Labute approximate surface area is 106 Å². The summed E-state index contributed by atoms with van der Waals surface area (Å²) in [5.41, 5.74) is 1.36. The first-order valence-electron chi connectivity index (χ1n) is 5.74. The van der Waals surface area contributed by atoms with Crippen molar-refractivity contribution in [3.8, 4) is 5.75 Å². The Balaban J connectivity index is 3.01. The van der Waals surface area contributed by atoms with Crippen LogP contribution in [0.2, 0.25) is 0 Å². The normalized spacial score (nSPS) is 10.5. The van der Waals surface area contributed by atoms with E-state index in [-0.39, 0.29) is 29.7 Å². The van der Waals surface area contributed by atoms with Gasteiger partial charge in [0.1, 0.15) is 6.61 Å². The predicted molar refractivity (Wildman–Crippen MR) is 67.9 cm³/mol. The molecule has 0 radical (unpaired) electrons. The number of ketones is 1. The molecule has 0 N–H and O–H groups in total. The summed E-state index contributed by atoms with van der Waals surface area (Å²) < 4.78 is 5.32. The number of nitro benzene ring substituents is 1. The van der Waals surface area contributed by atoms with Gasteiger partial charge in [0.25, 0.3) is 0 Å². The van der Waals surface area contributed by atoms with Crippen molar-refractivity contribution >= 4 is 11.5 Å². The van der Waals surface area contributed by atoms with Gasteiger partial charge in [0.05, 0.1) is 4.92 Å². The van der Waals surface area contributed by atoms with Crippen LogP contribution in [0.4, 0.5) is 5.69 Å². The molecule has 0 unspecified atom stereocenters. The molecule has 1 aromatic carbocycles. The van der Waals surface area contributed by atoms with E-state index in [1.54, 1.807) is 33.8 Å². The number of Topliss-reactive ketones (excluding diaryl/α,β-unsaturated/α-hetero) is 1. The lowest BCUT2D eigenvalue weighted by molar-refractivity contribution is -0.385. The lowest BCUT2D eigenvalue weighted by Gasteiger charge is -2.11. The minimum Gasteiger partial charge on any atom is -0.479 e. The van der Waals surface area contributed by atoms with E-state index in [4.69, 9.17) is 4.74 Å². The second kappa shape index (κ2) is 5.62. The minimum absolute atomic E-state index is 0.0794. The van der Waals surface area contributed by atoms with Crippen LogP contribution in [0, 0.1) is 29.9 Å². The molecule has 18 heavy (non-hydrogen) atoms. The lowest BCUT2D eigenvalue weighted by atomic mass is 10.1. The van der Waals surface area contributed by atoms with E-state index >= 15 is 0 Å². The summed E-state index contributed by atoms with van der Waals surface area (Å²) in [6.07, 6.45) is 0. The van der Waals surface area contributed by atoms with Gasteiger partial charge in [-0.1, -0.05) is 19.9 Å². The third kappa shape index (κ3) is 3.29. The standard InChI is InChI=1S/C13H17NO4/c1-8(2)12(15)7-18-13-10(4)5-9(3)6-11(13)14(16)17/h5-6,8H,7H2,1-4H3. The number of rotatable bonds is 5. The van der Waals surface area contributed by atoms with Gasteiger partial charge in [-0.15, -0.1) is 0 Å². The van der Waals surface area contributed by atoms with Gasteiger partial charge >= 0.3 is 5.69 Å². The molecule has 0 amide bonds. The molecule has 0 saturated carbocycles. The van der Waals surface area contributed by atoms with Crippen LogP contribution in [0.15, 0.2) is 12.1 Å². The van der Waals surface area contributed by atoms with Crippen molar-refractivity contribution in [2.45, 2.75) is 27.7 Å². The molecule has 0 aromatic heterocycles. The molecular formula is C13H17NO4.